The van der Waals surface area contributed by atoms with Gasteiger partial charge in [0.25, 0.3) is 0 Å². The van der Waals surface area contributed by atoms with Crippen molar-refractivity contribution < 1.29 is 5.11 Å². The average Bonchev–Trinajstić information content (AvgIpc) is 2.81. The quantitative estimate of drug-likeness (QED) is 0.728. The fraction of sp³-hybridized carbons (Fsp3) is 0.750. The van der Waals surface area contributed by atoms with E-state index in [9.17, 15) is 5.11 Å². The molecule has 0 bridgehead atoms. The molecule has 0 saturated carbocycles. The Hall–Kier alpha value is -0.760. The molecule has 0 aromatic carbocycles. The Balaban J connectivity index is 2.56. The lowest BCUT2D eigenvalue weighted by atomic mass is 9.99. The zero-order chi connectivity index (χ0) is 13.5. The van der Waals surface area contributed by atoms with Crippen LogP contribution in [0.25, 0.3) is 0 Å². The number of unbranched alkanes of at least 4 members (excludes halogenated alkanes) is 1. The summed E-state index contributed by atoms with van der Waals surface area (Å²) in [6, 6.07) is 2.05. The van der Waals surface area contributed by atoms with Crippen molar-refractivity contribution in [2.24, 2.45) is 11.8 Å². The summed E-state index contributed by atoms with van der Waals surface area (Å²) >= 11 is 0. The van der Waals surface area contributed by atoms with Gasteiger partial charge >= 0.3 is 0 Å². The minimum atomic E-state index is -0.332. The van der Waals surface area contributed by atoms with E-state index in [1.54, 1.807) is 0 Å². The van der Waals surface area contributed by atoms with Crippen molar-refractivity contribution in [3.8, 4) is 0 Å². The number of aliphatic hydroxyl groups is 1. The van der Waals surface area contributed by atoms with Gasteiger partial charge in [0.15, 0.2) is 0 Å². The molecule has 0 saturated heterocycles. The van der Waals surface area contributed by atoms with Crippen LogP contribution in [-0.4, -0.2) is 9.67 Å². The van der Waals surface area contributed by atoms with Gasteiger partial charge in [0.2, 0.25) is 0 Å². The molecule has 0 aliphatic rings. The Morgan fingerprint density at radius 2 is 2.00 bits per heavy atom. The van der Waals surface area contributed by atoms with Crippen molar-refractivity contribution in [3.63, 3.8) is 0 Å². The Kier molecular flexibility index (Phi) is 6.48. The Morgan fingerprint density at radius 3 is 2.56 bits per heavy atom. The van der Waals surface area contributed by atoms with E-state index in [-0.39, 0.29) is 12.0 Å². The number of aliphatic hydroxyl groups excluding tert-OH is 1. The lowest BCUT2D eigenvalue weighted by molar-refractivity contribution is 0.127. The molecule has 0 aliphatic heterocycles. The van der Waals surface area contributed by atoms with E-state index in [0.717, 1.165) is 18.0 Å². The van der Waals surface area contributed by atoms with Crippen molar-refractivity contribution in [2.75, 3.05) is 0 Å². The molecule has 0 radical (unpaired) electrons. The minimum Gasteiger partial charge on any atom is -0.388 e. The smallest absolute Gasteiger partial charge is 0.0827 e. The highest BCUT2D eigenvalue weighted by molar-refractivity contribution is 5.14. The van der Waals surface area contributed by atoms with Gasteiger partial charge in [-0.05, 0) is 29.9 Å². The van der Waals surface area contributed by atoms with Crippen LogP contribution in [-0.2, 0) is 6.54 Å². The lowest BCUT2D eigenvalue weighted by Gasteiger charge is -2.16. The van der Waals surface area contributed by atoms with Gasteiger partial charge in [0.05, 0.1) is 6.10 Å². The SMILES string of the molecule is CCCCC(CC)Cn1ccc(C(O)C(C)C)c1. The Morgan fingerprint density at radius 1 is 1.28 bits per heavy atom. The number of hydrogen-bond donors (Lipinski definition) is 1. The topological polar surface area (TPSA) is 25.2 Å². The van der Waals surface area contributed by atoms with E-state index < -0.39 is 0 Å². The summed E-state index contributed by atoms with van der Waals surface area (Å²) < 4.78 is 2.24. The molecule has 0 amide bonds. The average molecular weight is 251 g/mol. The highest BCUT2D eigenvalue weighted by Gasteiger charge is 2.14. The van der Waals surface area contributed by atoms with Gasteiger partial charge in [-0.3, -0.25) is 0 Å². The van der Waals surface area contributed by atoms with E-state index in [0.29, 0.717) is 0 Å². The maximum Gasteiger partial charge on any atom is 0.0827 e. The van der Waals surface area contributed by atoms with Gasteiger partial charge in [-0.2, -0.15) is 0 Å². The highest BCUT2D eigenvalue weighted by Crippen LogP contribution is 2.22. The zero-order valence-electron chi connectivity index (χ0n) is 12.4. The van der Waals surface area contributed by atoms with Gasteiger partial charge in [-0.15, -0.1) is 0 Å². The second-order valence-electron chi connectivity index (χ2n) is 5.75. The molecule has 2 nitrogen and oxygen atoms in total. The first kappa shape index (κ1) is 15.3. The van der Waals surface area contributed by atoms with Gasteiger partial charge in [-0.1, -0.05) is 47.0 Å². The van der Waals surface area contributed by atoms with Gasteiger partial charge in [0, 0.05) is 18.9 Å². The summed E-state index contributed by atoms with van der Waals surface area (Å²) in [6.45, 7) is 9.71. The van der Waals surface area contributed by atoms with Crippen LogP contribution in [0.1, 0.15) is 65.0 Å². The molecule has 1 heterocycles. The van der Waals surface area contributed by atoms with Gasteiger partial charge in [-0.25, -0.2) is 0 Å². The molecule has 1 N–H and O–H groups in total. The lowest BCUT2D eigenvalue weighted by Crippen LogP contribution is -2.09. The third-order valence-corrected chi connectivity index (χ3v) is 3.76. The summed E-state index contributed by atoms with van der Waals surface area (Å²) in [6.07, 6.45) is 9.03. The molecular weight excluding hydrogens is 222 g/mol. The second kappa shape index (κ2) is 7.63. The predicted molar refractivity (Wildman–Crippen MR) is 77.5 cm³/mol. The highest BCUT2D eigenvalue weighted by atomic mass is 16.3. The molecule has 0 fully saturated rings. The van der Waals surface area contributed by atoms with E-state index in [1.807, 2.05) is 0 Å². The molecule has 2 unspecified atom stereocenters. The number of rotatable bonds is 8. The predicted octanol–water partition coefficient (Wildman–Crippen LogP) is 4.39. The molecule has 2 atom stereocenters. The standard InChI is InChI=1S/C16H29NO/c1-5-7-8-14(6-2)11-17-10-9-15(12-17)16(18)13(3)4/h9-10,12-14,16,18H,5-8,11H2,1-4H3. The van der Waals surface area contributed by atoms with Gasteiger partial charge in [0.1, 0.15) is 0 Å². The molecule has 2 heteroatoms. The van der Waals surface area contributed by atoms with Crippen molar-refractivity contribution in [3.05, 3.63) is 24.0 Å². The molecule has 18 heavy (non-hydrogen) atoms. The van der Waals surface area contributed by atoms with E-state index in [4.69, 9.17) is 0 Å². The Labute approximate surface area is 112 Å². The van der Waals surface area contributed by atoms with Crippen molar-refractivity contribution in [1.82, 2.24) is 4.57 Å². The maximum absolute atomic E-state index is 10.0. The molecule has 1 aromatic rings. The minimum absolute atomic E-state index is 0.280. The normalized spacial score (nSPS) is 15.0. The first-order valence-corrected chi connectivity index (χ1v) is 7.42. The maximum atomic E-state index is 10.0. The van der Waals surface area contributed by atoms with Crippen molar-refractivity contribution in [2.45, 2.75) is 66.0 Å². The van der Waals surface area contributed by atoms with E-state index in [1.165, 1.54) is 25.7 Å². The van der Waals surface area contributed by atoms with E-state index >= 15 is 0 Å². The molecular formula is C16H29NO. The number of aromatic nitrogens is 1. The summed E-state index contributed by atoms with van der Waals surface area (Å²) in [7, 11) is 0. The monoisotopic (exact) mass is 251 g/mol. The van der Waals surface area contributed by atoms with Crippen LogP contribution >= 0.6 is 0 Å². The zero-order valence-corrected chi connectivity index (χ0v) is 12.4. The number of nitrogens with zero attached hydrogens (tertiary/aromatic N) is 1. The van der Waals surface area contributed by atoms with Crippen molar-refractivity contribution >= 4 is 0 Å². The largest absolute Gasteiger partial charge is 0.388 e. The summed E-state index contributed by atoms with van der Waals surface area (Å²) in [5, 5.41) is 10.0. The van der Waals surface area contributed by atoms with Gasteiger partial charge < -0.3 is 9.67 Å². The third kappa shape index (κ3) is 4.49. The van der Waals surface area contributed by atoms with Crippen LogP contribution in [0, 0.1) is 11.8 Å². The molecule has 1 aromatic heterocycles. The first-order valence-electron chi connectivity index (χ1n) is 7.42. The van der Waals surface area contributed by atoms with Crippen molar-refractivity contribution in [1.29, 1.82) is 0 Å². The van der Waals surface area contributed by atoms with E-state index in [2.05, 4.69) is 50.7 Å². The van der Waals surface area contributed by atoms with Crippen LogP contribution in [0.15, 0.2) is 18.5 Å². The molecule has 1 rings (SSSR count). The number of hydrogen-bond acceptors (Lipinski definition) is 1. The Bertz CT molecular complexity index is 330. The van der Waals surface area contributed by atoms with Crippen LogP contribution in [0.3, 0.4) is 0 Å². The molecule has 0 aliphatic carbocycles. The summed E-state index contributed by atoms with van der Waals surface area (Å²) in [4.78, 5) is 0. The molecule has 0 spiro atoms. The van der Waals surface area contributed by atoms with Crippen LogP contribution in [0.4, 0.5) is 0 Å². The summed E-state index contributed by atoms with van der Waals surface area (Å²) in [5.74, 6) is 1.05. The summed E-state index contributed by atoms with van der Waals surface area (Å²) in [5.41, 5.74) is 1.05. The molecule has 104 valence electrons. The fourth-order valence-electron chi connectivity index (χ4n) is 2.35. The second-order valence-corrected chi connectivity index (χ2v) is 5.75. The van der Waals surface area contributed by atoms with Crippen LogP contribution < -0.4 is 0 Å². The first-order chi connectivity index (χ1) is 8.58. The van der Waals surface area contributed by atoms with Crippen LogP contribution in [0.2, 0.25) is 0 Å². The fourth-order valence-corrected chi connectivity index (χ4v) is 2.35. The van der Waals surface area contributed by atoms with Crippen LogP contribution in [0.5, 0.6) is 0 Å². The third-order valence-electron chi connectivity index (χ3n) is 3.76.